The van der Waals surface area contributed by atoms with Gasteiger partial charge in [0.1, 0.15) is 12.1 Å². The van der Waals surface area contributed by atoms with Crippen LogP contribution in [0.2, 0.25) is 0 Å². The minimum absolute atomic E-state index is 0.0547. The number of nitrogens with one attached hydrogen (secondary N) is 1. The third-order valence-corrected chi connectivity index (χ3v) is 5.75. The van der Waals surface area contributed by atoms with E-state index in [1.54, 1.807) is 37.3 Å². The number of alkyl halides is 3. The summed E-state index contributed by atoms with van der Waals surface area (Å²) in [7, 11) is 0. The van der Waals surface area contributed by atoms with E-state index in [9.17, 15) is 18.0 Å². The Kier molecular flexibility index (Phi) is 8.73. The van der Waals surface area contributed by atoms with Crippen molar-refractivity contribution in [3.05, 3.63) is 119 Å². The lowest BCUT2D eigenvalue weighted by Gasteiger charge is -2.14. The van der Waals surface area contributed by atoms with E-state index >= 15 is 0 Å². The quantitative estimate of drug-likeness (QED) is 0.228. The van der Waals surface area contributed by atoms with Crippen molar-refractivity contribution >= 4 is 17.2 Å². The van der Waals surface area contributed by atoms with Gasteiger partial charge < -0.3 is 14.8 Å². The molecule has 0 spiro atoms. The van der Waals surface area contributed by atoms with Crippen LogP contribution in [0.3, 0.4) is 0 Å². The molecule has 39 heavy (non-hydrogen) atoms. The van der Waals surface area contributed by atoms with Gasteiger partial charge in [-0.1, -0.05) is 48.5 Å². The van der Waals surface area contributed by atoms with Gasteiger partial charge in [-0.2, -0.15) is 13.2 Å². The van der Waals surface area contributed by atoms with E-state index in [0.29, 0.717) is 35.1 Å². The number of aromatic nitrogens is 2. The molecule has 0 aliphatic rings. The Hall–Kier alpha value is -4.50. The van der Waals surface area contributed by atoms with Crippen LogP contribution in [-0.2, 0) is 28.9 Å². The fraction of sp³-hybridized carbons (Fsp3) is 0.167. The fourth-order valence-corrected chi connectivity index (χ4v) is 3.86. The van der Waals surface area contributed by atoms with Crippen molar-refractivity contribution in [2.45, 2.75) is 33.2 Å². The number of carbonyl (C=O) groups excluding carboxylic acids is 1. The predicted octanol–water partition coefficient (Wildman–Crippen LogP) is 7.35. The highest BCUT2D eigenvalue weighted by atomic mass is 19.4. The van der Waals surface area contributed by atoms with Crippen molar-refractivity contribution in [3.63, 3.8) is 0 Å². The van der Waals surface area contributed by atoms with Crippen LogP contribution in [-0.4, -0.2) is 15.9 Å². The topological polar surface area (TPSA) is 73.3 Å². The zero-order chi connectivity index (χ0) is 27.8. The summed E-state index contributed by atoms with van der Waals surface area (Å²) in [5, 5.41) is 2.55. The van der Waals surface area contributed by atoms with Gasteiger partial charge in [-0.15, -0.1) is 0 Å². The number of halogens is 3. The molecule has 0 bridgehead atoms. The molecule has 200 valence electrons. The SMILES string of the molecule is CC=C(C(=O)Nc1cccc(C(F)(F)F)c1)c1ccc(Oc2cc(COCc3ccccc3)ncn2)cc1C. The van der Waals surface area contributed by atoms with Gasteiger partial charge in [0.05, 0.1) is 24.5 Å². The zero-order valence-corrected chi connectivity index (χ0v) is 21.3. The Morgan fingerprint density at radius 3 is 2.46 bits per heavy atom. The Balaban J connectivity index is 1.41. The third kappa shape index (κ3) is 7.52. The molecule has 0 fully saturated rings. The number of aryl methyl sites for hydroxylation is 1. The number of rotatable bonds is 9. The van der Waals surface area contributed by atoms with Crippen molar-refractivity contribution in [2.24, 2.45) is 0 Å². The van der Waals surface area contributed by atoms with Crippen LogP contribution in [0, 0.1) is 6.92 Å². The molecule has 1 amide bonds. The van der Waals surface area contributed by atoms with Crippen molar-refractivity contribution in [1.29, 1.82) is 0 Å². The fourth-order valence-electron chi connectivity index (χ4n) is 3.86. The highest BCUT2D eigenvalue weighted by molar-refractivity contribution is 6.25. The summed E-state index contributed by atoms with van der Waals surface area (Å²) >= 11 is 0. The van der Waals surface area contributed by atoms with Crippen molar-refractivity contribution < 1.29 is 27.4 Å². The second kappa shape index (κ2) is 12.4. The Morgan fingerprint density at radius 1 is 0.949 bits per heavy atom. The molecule has 4 rings (SSSR count). The molecule has 0 saturated carbocycles. The van der Waals surface area contributed by atoms with Crippen LogP contribution < -0.4 is 10.1 Å². The second-order valence-corrected chi connectivity index (χ2v) is 8.64. The van der Waals surface area contributed by atoms with E-state index in [2.05, 4.69) is 15.3 Å². The van der Waals surface area contributed by atoms with Crippen LogP contribution in [0.5, 0.6) is 11.6 Å². The molecule has 9 heteroatoms. The standard InChI is InChI=1S/C30H26F3N3O3/c1-3-26(29(37)36-23-11-7-10-22(15-23)30(31,32)33)27-13-12-25(14-20(27)2)39-28-16-24(34-19-35-28)18-38-17-21-8-5-4-6-9-21/h3-16,19H,17-18H2,1-2H3,(H,36,37). The number of ether oxygens (including phenoxy) is 2. The molecular formula is C30H26F3N3O3. The first-order valence-electron chi connectivity index (χ1n) is 12.1. The van der Waals surface area contributed by atoms with E-state index in [1.165, 1.54) is 18.5 Å². The molecule has 0 aliphatic heterocycles. The third-order valence-electron chi connectivity index (χ3n) is 5.75. The van der Waals surface area contributed by atoms with Gasteiger partial charge >= 0.3 is 6.18 Å². The van der Waals surface area contributed by atoms with Crippen LogP contribution in [0.25, 0.3) is 5.57 Å². The van der Waals surface area contributed by atoms with E-state index in [4.69, 9.17) is 9.47 Å². The summed E-state index contributed by atoms with van der Waals surface area (Å²) in [5.74, 6) is 0.313. The van der Waals surface area contributed by atoms with Crippen molar-refractivity contribution in [3.8, 4) is 11.6 Å². The molecule has 0 radical (unpaired) electrons. The molecule has 0 aliphatic carbocycles. The monoisotopic (exact) mass is 533 g/mol. The van der Waals surface area contributed by atoms with Crippen LogP contribution in [0.4, 0.5) is 18.9 Å². The summed E-state index contributed by atoms with van der Waals surface area (Å²) in [6, 6.07) is 21.2. The van der Waals surface area contributed by atoms with E-state index in [-0.39, 0.29) is 12.3 Å². The van der Waals surface area contributed by atoms with Crippen LogP contribution in [0.15, 0.2) is 91.3 Å². The Labute approximate surface area is 224 Å². The number of amides is 1. The minimum Gasteiger partial charge on any atom is -0.439 e. The normalized spacial score (nSPS) is 11.8. The van der Waals surface area contributed by atoms with Gasteiger partial charge in [-0.25, -0.2) is 9.97 Å². The van der Waals surface area contributed by atoms with Gasteiger partial charge in [-0.3, -0.25) is 4.79 Å². The maximum absolute atomic E-state index is 13.0. The number of hydrogen-bond acceptors (Lipinski definition) is 5. The van der Waals surface area contributed by atoms with Gasteiger partial charge in [-0.05, 0) is 60.9 Å². The van der Waals surface area contributed by atoms with Crippen LogP contribution in [0.1, 0.15) is 34.9 Å². The highest BCUT2D eigenvalue weighted by Crippen LogP contribution is 2.31. The lowest BCUT2D eigenvalue weighted by atomic mass is 9.99. The van der Waals surface area contributed by atoms with E-state index in [0.717, 1.165) is 23.3 Å². The molecular weight excluding hydrogens is 507 g/mol. The molecule has 0 saturated heterocycles. The molecule has 0 unspecified atom stereocenters. The second-order valence-electron chi connectivity index (χ2n) is 8.64. The maximum Gasteiger partial charge on any atom is 0.416 e. The predicted molar refractivity (Wildman–Crippen MR) is 142 cm³/mol. The number of anilines is 1. The number of hydrogen-bond donors (Lipinski definition) is 1. The molecule has 3 aromatic carbocycles. The molecule has 0 atom stereocenters. The van der Waals surface area contributed by atoms with Gasteiger partial charge in [0, 0.05) is 17.3 Å². The first-order chi connectivity index (χ1) is 18.7. The highest BCUT2D eigenvalue weighted by Gasteiger charge is 2.30. The van der Waals surface area contributed by atoms with E-state index in [1.807, 2.05) is 37.3 Å². The van der Waals surface area contributed by atoms with E-state index < -0.39 is 17.6 Å². The number of benzene rings is 3. The Morgan fingerprint density at radius 2 is 1.74 bits per heavy atom. The minimum atomic E-state index is -4.50. The maximum atomic E-state index is 13.0. The molecule has 4 aromatic rings. The average molecular weight is 534 g/mol. The van der Waals surface area contributed by atoms with Gasteiger partial charge in [0.15, 0.2) is 0 Å². The van der Waals surface area contributed by atoms with Crippen molar-refractivity contribution in [2.75, 3.05) is 5.32 Å². The zero-order valence-electron chi connectivity index (χ0n) is 21.3. The number of allylic oxidation sites excluding steroid dienone is 1. The van der Waals surface area contributed by atoms with Gasteiger partial charge in [0.2, 0.25) is 5.88 Å². The lowest BCUT2D eigenvalue weighted by Crippen LogP contribution is -2.15. The summed E-state index contributed by atoms with van der Waals surface area (Å²) in [5.41, 5.74) is 2.60. The molecule has 1 heterocycles. The summed E-state index contributed by atoms with van der Waals surface area (Å²) in [6.45, 7) is 4.24. The lowest BCUT2D eigenvalue weighted by molar-refractivity contribution is -0.137. The largest absolute Gasteiger partial charge is 0.439 e. The van der Waals surface area contributed by atoms with Crippen molar-refractivity contribution in [1.82, 2.24) is 9.97 Å². The van der Waals surface area contributed by atoms with Gasteiger partial charge in [0.25, 0.3) is 5.91 Å². The first kappa shape index (κ1) is 27.5. The summed E-state index contributed by atoms with van der Waals surface area (Å²) < 4.78 is 50.7. The molecule has 1 aromatic heterocycles. The van der Waals surface area contributed by atoms with Crippen LogP contribution >= 0.6 is 0 Å². The first-order valence-corrected chi connectivity index (χ1v) is 12.1. The summed E-state index contributed by atoms with van der Waals surface area (Å²) in [6.07, 6.45) is -1.50. The number of carbonyl (C=O) groups is 1. The summed E-state index contributed by atoms with van der Waals surface area (Å²) in [4.78, 5) is 21.3. The molecule has 6 nitrogen and oxygen atoms in total. The average Bonchev–Trinajstić information content (AvgIpc) is 2.91. The smallest absolute Gasteiger partial charge is 0.416 e. The molecule has 1 N–H and O–H groups in total. The number of nitrogens with zero attached hydrogens (tertiary/aromatic N) is 2. The Bertz CT molecular complexity index is 1470.